The van der Waals surface area contributed by atoms with Gasteiger partial charge in [-0.15, -0.1) is 0 Å². The molecule has 0 aliphatic heterocycles. The molecule has 0 spiro atoms. The number of methoxy groups -OCH3 is 1. The second-order valence-corrected chi connectivity index (χ2v) is 5.82. The van der Waals surface area contributed by atoms with Gasteiger partial charge in [-0.1, -0.05) is 12.8 Å². The van der Waals surface area contributed by atoms with Gasteiger partial charge in [0.25, 0.3) is 0 Å². The van der Waals surface area contributed by atoms with E-state index >= 15 is 0 Å². The lowest BCUT2D eigenvalue weighted by Crippen LogP contribution is -2.44. The average molecular weight is 243 g/mol. The Morgan fingerprint density at radius 2 is 1.94 bits per heavy atom. The lowest BCUT2D eigenvalue weighted by atomic mass is 10.0. The van der Waals surface area contributed by atoms with Crippen molar-refractivity contribution in [2.45, 2.75) is 57.2 Å². The smallest absolute Gasteiger partial charge is 0.225 e. The zero-order valence-electron chi connectivity index (χ0n) is 11.5. The van der Waals surface area contributed by atoms with Crippen molar-refractivity contribution in [3.8, 4) is 0 Å². The Morgan fingerprint density at radius 1 is 1.41 bits per heavy atom. The normalized spacial score (nSPS) is 19.4. The highest BCUT2D eigenvalue weighted by atomic mass is 16.5. The number of hydrogen-bond donors (Lipinski definition) is 1. The minimum atomic E-state index is -0.665. The van der Waals surface area contributed by atoms with Gasteiger partial charge in [0.05, 0.1) is 17.6 Å². The molecule has 1 N–H and O–H groups in total. The highest BCUT2D eigenvalue weighted by Gasteiger charge is 2.34. The van der Waals surface area contributed by atoms with E-state index in [0.717, 1.165) is 25.7 Å². The van der Waals surface area contributed by atoms with Crippen LogP contribution in [0.15, 0.2) is 0 Å². The van der Waals surface area contributed by atoms with E-state index in [1.165, 1.54) is 0 Å². The number of likely N-dealkylation sites (N-methyl/N-ethyl adjacent to an activating group) is 1. The van der Waals surface area contributed by atoms with Crippen molar-refractivity contribution in [2.75, 3.05) is 20.7 Å². The van der Waals surface area contributed by atoms with Gasteiger partial charge in [-0.25, -0.2) is 0 Å². The molecule has 0 saturated heterocycles. The Bertz CT molecular complexity index is 270. The van der Waals surface area contributed by atoms with Crippen LogP contribution in [0.25, 0.3) is 0 Å². The Kier molecular flexibility index (Phi) is 4.55. The number of rotatable bonds is 5. The lowest BCUT2D eigenvalue weighted by molar-refractivity contribution is -0.138. The molecule has 0 atom stereocenters. The number of carbonyl (C=O) groups is 1. The molecule has 0 radical (unpaired) electrons. The molecule has 1 fully saturated rings. The van der Waals surface area contributed by atoms with Crippen LogP contribution >= 0.6 is 0 Å². The fourth-order valence-electron chi connectivity index (χ4n) is 2.29. The number of ether oxygens (including phenoxy) is 1. The first-order chi connectivity index (χ1) is 7.78. The third-order valence-corrected chi connectivity index (χ3v) is 3.62. The summed E-state index contributed by atoms with van der Waals surface area (Å²) in [6.07, 6.45) is 4.07. The Labute approximate surface area is 104 Å². The first-order valence-corrected chi connectivity index (χ1v) is 6.29. The van der Waals surface area contributed by atoms with Crippen LogP contribution in [0.5, 0.6) is 0 Å². The molecule has 1 rings (SSSR count). The zero-order chi connectivity index (χ0) is 13.1. The van der Waals surface area contributed by atoms with Crippen LogP contribution < -0.4 is 0 Å². The van der Waals surface area contributed by atoms with E-state index in [-0.39, 0.29) is 5.91 Å². The van der Waals surface area contributed by atoms with Gasteiger partial charge in [0.1, 0.15) is 0 Å². The van der Waals surface area contributed by atoms with Crippen LogP contribution in [0.3, 0.4) is 0 Å². The molecule has 4 heteroatoms. The van der Waals surface area contributed by atoms with Gasteiger partial charge in [0, 0.05) is 20.7 Å². The maximum Gasteiger partial charge on any atom is 0.225 e. The summed E-state index contributed by atoms with van der Waals surface area (Å²) in [6.45, 7) is 4.22. The van der Waals surface area contributed by atoms with Gasteiger partial charge < -0.3 is 14.7 Å². The van der Waals surface area contributed by atoms with Crippen molar-refractivity contribution in [1.29, 1.82) is 0 Å². The molecule has 0 aromatic heterocycles. The predicted molar refractivity (Wildman–Crippen MR) is 66.8 cm³/mol. The third kappa shape index (κ3) is 4.28. The number of carbonyl (C=O) groups excluding carboxylic acids is 1. The summed E-state index contributed by atoms with van der Waals surface area (Å²) in [4.78, 5) is 13.6. The van der Waals surface area contributed by atoms with E-state index in [0.29, 0.717) is 13.0 Å². The molecule has 1 saturated carbocycles. The van der Waals surface area contributed by atoms with Crippen LogP contribution in [-0.2, 0) is 9.53 Å². The second-order valence-electron chi connectivity index (χ2n) is 5.82. The molecule has 0 aromatic rings. The third-order valence-electron chi connectivity index (χ3n) is 3.62. The molecule has 0 unspecified atom stereocenters. The molecule has 0 aromatic carbocycles. The number of nitrogens with zero attached hydrogens (tertiary/aromatic N) is 1. The van der Waals surface area contributed by atoms with Crippen molar-refractivity contribution in [3.05, 3.63) is 0 Å². The molecule has 0 bridgehead atoms. The highest BCUT2D eigenvalue weighted by Crippen LogP contribution is 2.30. The Morgan fingerprint density at radius 3 is 2.41 bits per heavy atom. The molecule has 100 valence electrons. The van der Waals surface area contributed by atoms with Crippen LogP contribution in [-0.4, -0.2) is 47.8 Å². The largest absolute Gasteiger partial charge is 0.388 e. The van der Waals surface area contributed by atoms with Crippen LogP contribution in [0.2, 0.25) is 0 Å². The number of aliphatic hydroxyl groups is 1. The van der Waals surface area contributed by atoms with E-state index < -0.39 is 11.2 Å². The van der Waals surface area contributed by atoms with E-state index in [1.54, 1.807) is 19.1 Å². The fraction of sp³-hybridized carbons (Fsp3) is 0.923. The number of hydrogen-bond acceptors (Lipinski definition) is 3. The van der Waals surface area contributed by atoms with Gasteiger partial charge in [0.15, 0.2) is 0 Å². The van der Waals surface area contributed by atoms with Crippen molar-refractivity contribution in [3.63, 3.8) is 0 Å². The molecule has 1 aliphatic carbocycles. The molecular formula is C13H25NO3. The fourth-order valence-corrected chi connectivity index (χ4v) is 2.29. The molecule has 4 nitrogen and oxygen atoms in total. The molecule has 1 amide bonds. The van der Waals surface area contributed by atoms with Crippen molar-refractivity contribution < 1.29 is 14.6 Å². The Balaban J connectivity index is 2.47. The van der Waals surface area contributed by atoms with Gasteiger partial charge in [-0.05, 0) is 26.7 Å². The predicted octanol–water partition coefficient (Wildman–Crippen LogP) is 1.56. The second kappa shape index (κ2) is 5.36. The highest BCUT2D eigenvalue weighted by molar-refractivity contribution is 5.77. The Hall–Kier alpha value is -0.610. The van der Waals surface area contributed by atoms with E-state index in [4.69, 9.17) is 4.74 Å². The molecule has 0 heterocycles. The van der Waals surface area contributed by atoms with Gasteiger partial charge >= 0.3 is 0 Å². The lowest BCUT2D eigenvalue weighted by Gasteiger charge is -2.31. The van der Waals surface area contributed by atoms with Gasteiger partial charge in [0.2, 0.25) is 5.91 Å². The molecule has 17 heavy (non-hydrogen) atoms. The monoisotopic (exact) mass is 243 g/mol. The summed E-state index contributed by atoms with van der Waals surface area (Å²) in [6, 6.07) is 0. The standard InChI is InChI=1S/C13H25NO3/c1-12(2,17-4)9-11(15)14(3)10-13(16)7-5-6-8-13/h16H,5-10H2,1-4H3. The van der Waals surface area contributed by atoms with E-state index in [9.17, 15) is 9.90 Å². The van der Waals surface area contributed by atoms with Crippen molar-refractivity contribution >= 4 is 5.91 Å². The average Bonchev–Trinajstić information content (AvgIpc) is 2.64. The summed E-state index contributed by atoms with van der Waals surface area (Å²) in [7, 11) is 3.36. The molecular weight excluding hydrogens is 218 g/mol. The van der Waals surface area contributed by atoms with E-state index in [1.807, 2.05) is 13.8 Å². The molecule has 1 aliphatic rings. The number of amides is 1. The quantitative estimate of drug-likeness (QED) is 0.797. The van der Waals surface area contributed by atoms with Gasteiger partial charge in [-0.3, -0.25) is 4.79 Å². The zero-order valence-corrected chi connectivity index (χ0v) is 11.5. The minimum absolute atomic E-state index is 0.0252. The SMILES string of the molecule is COC(C)(C)CC(=O)N(C)CC1(O)CCCC1. The van der Waals surface area contributed by atoms with E-state index in [2.05, 4.69) is 0 Å². The first-order valence-electron chi connectivity index (χ1n) is 6.29. The summed E-state index contributed by atoms with van der Waals surface area (Å²) in [5.74, 6) is 0.0252. The topological polar surface area (TPSA) is 49.8 Å². The van der Waals surface area contributed by atoms with Gasteiger partial charge in [-0.2, -0.15) is 0 Å². The summed E-state index contributed by atoms with van der Waals surface area (Å²) in [5, 5.41) is 10.2. The minimum Gasteiger partial charge on any atom is -0.388 e. The van der Waals surface area contributed by atoms with Crippen LogP contribution in [0.4, 0.5) is 0 Å². The van der Waals surface area contributed by atoms with Crippen LogP contribution in [0.1, 0.15) is 46.0 Å². The summed E-state index contributed by atoms with van der Waals surface area (Å²) < 4.78 is 5.24. The first kappa shape index (κ1) is 14.5. The van der Waals surface area contributed by atoms with Crippen molar-refractivity contribution in [1.82, 2.24) is 4.90 Å². The summed E-state index contributed by atoms with van der Waals surface area (Å²) >= 11 is 0. The maximum absolute atomic E-state index is 12.0. The summed E-state index contributed by atoms with van der Waals surface area (Å²) in [5.41, 5.74) is -1.11. The van der Waals surface area contributed by atoms with Crippen LogP contribution in [0, 0.1) is 0 Å². The maximum atomic E-state index is 12.0. The van der Waals surface area contributed by atoms with Crippen molar-refractivity contribution in [2.24, 2.45) is 0 Å².